The largest absolute Gasteiger partial charge is 0.355 e. The molecule has 1 aromatic carbocycles. The number of nitrogens with zero attached hydrogens (tertiary/aromatic N) is 3. The topological polar surface area (TPSA) is 114 Å². The molecule has 0 bridgehead atoms. The smallest absolute Gasteiger partial charge is 0.254 e. The second-order valence-corrected chi connectivity index (χ2v) is 6.08. The fourth-order valence-electron chi connectivity index (χ4n) is 3.01. The summed E-state index contributed by atoms with van der Waals surface area (Å²) in [6.45, 7) is 4.41. The van der Waals surface area contributed by atoms with Crippen molar-refractivity contribution in [1.29, 1.82) is 0 Å². The zero-order valence-electron chi connectivity index (χ0n) is 14.2. The number of hydrogen-bond donors (Lipinski definition) is 2. The number of likely N-dealkylation sites (N-methyl/N-ethyl adjacent to an activating group) is 1. The van der Waals surface area contributed by atoms with Crippen LogP contribution in [0, 0.1) is 6.92 Å². The Bertz CT molecular complexity index is 788. The lowest BCUT2D eigenvalue weighted by Gasteiger charge is -2.23. The average Bonchev–Trinajstić information content (AvgIpc) is 3.20. The summed E-state index contributed by atoms with van der Waals surface area (Å²) in [7, 11) is 0. The van der Waals surface area contributed by atoms with Crippen LogP contribution in [0.5, 0.6) is 0 Å². The van der Waals surface area contributed by atoms with Gasteiger partial charge in [-0.15, -0.1) is 0 Å². The number of aromatic nitrogens is 2. The molecule has 1 aromatic heterocycles. The van der Waals surface area contributed by atoms with Crippen molar-refractivity contribution in [2.45, 2.75) is 32.4 Å². The molecule has 1 aliphatic rings. The highest BCUT2D eigenvalue weighted by Gasteiger charge is 2.38. The number of nitrogens with two attached hydrogens (primary N) is 1. The van der Waals surface area contributed by atoms with Crippen molar-refractivity contribution < 1.29 is 14.1 Å². The highest BCUT2D eigenvalue weighted by Crippen LogP contribution is 2.23. The molecule has 0 spiro atoms. The molecule has 1 fully saturated rings. The average molecular weight is 343 g/mol. The Morgan fingerprint density at radius 2 is 2.24 bits per heavy atom. The van der Waals surface area contributed by atoms with Crippen molar-refractivity contribution >= 4 is 11.8 Å². The molecule has 2 heterocycles. The maximum Gasteiger partial charge on any atom is 0.254 e. The summed E-state index contributed by atoms with van der Waals surface area (Å²) in [6.07, 6.45) is 0.460. The van der Waals surface area contributed by atoms with Gasteiger partial charge in [0, 0.05) is 37.2 Å². The predicted octanol–water partition coefficient (Wildman–Crippen LogP) is 0.723. The molecule has 8 heteroatoms. The first-order valence-corrected chi connectivity index (χ1v) is 8.24. The molecule has 0 unspecified atom stereocenters. The standard InChI is InChI=1S/C17H21N5O3/c1-3-19-16(23)14-8-13(18)9-22(14)17(24)12-6-4-5-11(7-12)15-20-10(2)25-21-15/h4-7,13-14H,3,8-9,18H2,1-2H3,(H,19,23)/t13-,14-/m0/s1. The normalized spacial score (nSPS) is 19.9. The van der Waals surface area contributed by atoms with Crippen LogP contribution >= 0.6 is 0 Å². The summed E-state index contributed by atoms with van der Waals surface area (Å²) in [5.41, 5.74) is 7.13. The Morgan fingerprint density at radius 3 is 2.92 bits per heavy atom. The van der Waals surface area contributed by atoms with Crippen molar-refractivity contribution in [1.82, 2.24) is 20.4 Å². The predicted molar refractivity (Wildman–Crippen MR) is 90.6 cm³/mol. The summed E-state index contributed by atoms with van der Waals surface area (Å²) in [6, 6.07) is 6.21. The van der Waals surface area contributed by atoms with E-state index in [9.17, 15) is 9.59 Å². The Labute approximate surface area is 145 Å². The minimum atomic E-state index is -0.543. The van der Waals surface area contributed by atoms with Crippen LogP contribution in [-0.4, -0.2) is 52.0 Å². The van der Waals surface area contributed by atoms with Crippen LogP contribution < -0.4 is 11.1 Å². The first-order chi connectivity index (χ1) is 12.0. The van der Waals surface area contributed by atoms with E-state index in [1.54, 1.807) is 31.2 Å². The van der Waals surface area contributed by atoms with Crippen molar-refractivity contribution in [3.05, 3.63) is 35.7 Å². The van der Waals surface area contributed by atoms with Gasteiger partial charge in [-0.2, -0.15) is 4.98 Å². The number of amides is 2. The van der Waals surface area contributed by atoms with Crippen LogP contribution in [0.25, 0.3) is 11.4 Å². The highest BCUT2D eigenvalue weighted by atomic mass is 16.5. The van der Waals surface area contributed by atoms with Crippen molar-refractivity contribution in [3.8, 4) is 11.4 Å². The monoisotopic (exact) mass is 343 g/mol. The van der Waals surface area contributed by atoms with Gasteiger partial charge in [0.25, 0.3) is 5.91 Å². The summed E-state index contributed by atoms with van der Waals surface area (Å²) in [5.74, 6) is 0.471. The Morgan fingerprint density at radius 1 is 1.44 bits per heavy atom. The SMILES string of the molecule is CCNC(=O)[C@@H]1C[C@H](N)CN1C(=O)c1cccc(-c2noc(C)n2)c1. The third-order valence-corrected chi connectivity index (χ3v) is 4.14. The van der Waals surface area contributed by atoms with Gasteiger partial charge in [0.05, 0.1) is 0 Å². The van der Waals surface area contributed by atoms with E-state index in [4.69, 9.17) is 10.3 Å². The van der Waals surface area contributed by atoms with Gasteiger partial charge in [0.2, 0.25) is 17.6 Å². The van der Waals surface area contributed by atoms with Gasteiger partial charge in [-0.05, 0) is 25.5 Å². The van der Waals surface area contributed by atoms with E-state index >= 15 is 0 Å². The van der Waals surface area contributed by atoms with Crippen molar-refractivity contribution in [2.24, 2.45) is 5.73 Å². The van der Waals surface area contributed by atoms with E-state index in [-0.39, 0.29) is 17.9 Å². The number of nitrogens with one attached hydrogen (secondary N) is 1. The molecule has 1 aliphatic heterocycles. The molecule has 0 saturated carbocycles. The molecule has 0 radical (unpaired) electrons. The van der Waals surface area contributed by atoms with Crippen molar-refractivity contribution in [3.63, 3.8) is 0 Å². The van der Waals surface area contributed by atoms with E-state index in [1.807, 2.05) is 6.92 Å². The van der Waals surface area contributed by atoms with E-state index in [0.717, 1.165) is 0 Å². The second kappa shape index (κ2) is 7.02. The second-order valence-electron chi connectivity index (χ2n) is 6.08. The molecule has 3 rings (SSSR count). The van der Waals surface area contributed by atoms with Gasteiger partial charge in [-0.25, -0.2) is 0 Å². The van der Waals surface area contributed by atoms with E-state index in [1.165, 1.54) is 4.90 Å². The minimum absolute atomic E-state index is 0.172. The maximum absolute atomic E-state index is 12.9. The van der Waals surface area contributed by atoms with Crippen LogP contribution in [0.15, 0.2) is 28.8 Å². The molecule has 25 heavy (non-hydrogen) atoms. The highest BCUT2D eigenvalue weighted by molar-refractivity contribution is 5.98. The number of rotatable bonds is 4. The Hall–Kier alpha value is -2.74. The Kier molecular flexibility index (Phi) is 4.80. The van der Waals surface area contributed by atoms with E-state index in [2.05, 4.69) is 15.5 Å². The van der Waals surface area contributed by atoms with Crippen LogP contribution in [-0.2, 0) is 4.79 Å². The van der Waals surface area contributed by atoms with Gasteiger partial charge in [0.15, 0.2) is 0 Å². The number of aryl methyl sites for hydroxylation is 1. The van der Waals surface area contributed by atoms with Crippen LogP contribution in [0.1, 0.15) is 29.6 Å². The van der Waals surface area contributed by atoms with Gasteiger partial charge in [0.1, 0.15) is 6.04 Å². The van der Waals surface area contributed by atoms with Crippen molar-refractivity contribution in [2.75, 3.05) is 13.1 Å². The molecule has 1 saturated heterocycles. The molecular formula is C17H21N5O3. The number of benzene rings is 1. The molecule has 8 nitrogen and oxygen atoms in total. The first kappa shape index (κ1) is 17.1. The maximum atomic E-state index is 12.9. The zero-order chi connectivity index (χ0) is 18.0. The third-order valence-electron chi connectivity index (χ3n) is 4.14. The third kappa shape index (κ3) is 3.53. The molecule has 2 amide bonds. The van der Waals surface area contributed by atoms with Gasteiger partial charge < -0.3 is 20.5 Å². The minimum Gasteiger partial charge on any atom is -0.355 e. The number of hydrogen-bond acceptors (Lipinski definition) is 6. The number of likely N-dealkylation sites (tertiary alicyclic amines) is 1. The summed E-state index contributed by atoms with van der Waals surface area (Å²) >= 11 is 0. The summed E-state index contributed by atoms with van der Waals surface area (Å²) in [4.78, 5) is 30.9. The fraction of sp³-hybridized carbons (Fsp3) is 0.412. The molecule has 3 N–H and O–H groups in total. The van der Waals surface area contributed by atoms with Crippen LogP contribution in [0.2, 0.25) is 0 Å². The number of carbonyl (C=O) groups excluding carboxylic acids is 2. The molecule has 132 valence electrons. The lowest BCUT2D eigenvalue weighted by molar-refractivity contribution is -0.124. The van der Waals surface area contributed by atoms with Gasteiger partial charge in [-0.1, -0.05) is 17.3 Å². The molecular weight excluding hydrogens is 322 g/mol. The van der Waals surface area contributed by atoms with Crippen LogP contribution in [0.4, 0.5) is 0 Å². The van der Waals surface area contributed by atoms with Gasteiger partial charge >= 0.3 is 0 Å². The van der Waals surface area contributed by atoms with Crippen LogP contribution in [0.3, 0.4) is 0 Å². The first-order valence-electron chi connectivity index (χ1n) is 8.24. The lowest BCUT2D eigenvalue weighted by atomic mass is 10.1. The fourth-order valence-corrected chi connectivity index (χ4v) is 3.01. The van der Waals surface area contributed by atoms with Gasteiger partial charge in [-0.3, -0.25) is 9.59 Å². The summed E-state index contributed by atoms with van der Waals surface area (Å²) in [5, 5.41) is 6.63. The zero-order valence-corrected chi connectivity index (χ0v) is 14.2. The molecule has 2 atom stereocenters. The molecule has 0 aliphatic carbocycles. The quantitative estimate of drug-likeness (QED) is 0.845. The summed E-state index contributed by atoms with van der Waals surface area (Å²) < 4.78 is 4.98. The number of carbonyl (C=O) groups is 2. The lowest BCUT2D eigenvalue weighted by Crippen LogP contribution is -2.45. The van der Waals surface area contributed by atoms with E-state index < -0.39 is 6.04 Å². The van der Waals surface area contributed by atoms with E-state index in [0.29, 0.717) is 42.4 Å². The Balaban J connectivity index is 1.85. The molecule has 2 aromatic rings.